The van der Waals surface area contributed by atoms with Crippen LogP contribution in [0.2, 0.25) is 0 Å². The summed E-state index contributed by atoms with van der Waals surface area (Å²) < 4.78 is 6.52. The number of ether oxygens (including phenoxy) is 1. The second-order valence-corrected chi connectivity index (χ2v) is 15.8. The minimum absolute atomic E-state index is 0.00582. The van der Waals surface area contributed by atoms with Crippen LogP contribution in [0.1, 0.15) is 37.1 Å². The van der Waals surface area contributed by atoms with Gasteiger partial charge in [0.2, 0.25) is 0 Å². The standard InChI is InChI=1S/C55H43N5O/c1-5-16-40(17-6-1)59(41-18-7-2-8-19-41)44-32-28-38(29-33-44)53-56-54(39-30-34-45(35-31-39)60(42-20-9-3-10-21-42)43-22-11-4-12-23-43)58-55(57-53)49-36-37-51-52-47(25-15-26-48(49)52)46-24-13-14-27-50(46)61-51/h1,3,5-7,9-11,13-37,48,52H,2,4,8,12H2. The zero-order valence-corrected chi connectivity index (χ0v) is 33.7. The summed E-state index contributed by atoms with van der Waals surface area (Å²) in [5, 5.41) is 0. The van der Waals surface area contributed by atoms with Gasteiger partial charge in [0, 0.05) is 62.3 Å². The molecule has 0 saturated carbocycles. The maximum Gasteiger partial charge on any atom is 0.164 e. The Morgan fingerprint density at radius 3 is 1.56 bits per heavy atom. The van der Waals surface area contributed by atoms with Gasteiger partial charge in [0.1, 0.15) is 11.5 Å². The van der Waals surface area contributed by atoms with Crippen molar-refractivity contribution < 1.29 is 4.74 Å². The van der Waals surface area contributed by atoms with E-state index in [1.54, 1.807) is 0 Å². The number of hydrogen-bond acceptors (Lipinski definition) is 6. The summed E-state index contributed by atoms with van der Waals surface area (Å²) in [6.07, 6.45) is 28.6. The van der Waals surface area contributed by atoms with E-state index in [4.69, 9.17) is 19.7 Å². The predicted octanol–water partition coefficient (Wildman–Crippen LogP) is 13.5. The van der Waals surface area contributed by atoms with Crippen LogP contribution in [0.4, 0.5) is 22.7 Å². The van der Waals surface area contributed by atoms with Gasteiger partial charge in [-0.05, 0) is 128 Å². The number of benzene rings is 5. The lowest BCUT2D eigenvalue weighted by Gasteiger charge is -2.38. The fourth-order valence-corrected chi connectivity index (χ4v) is 9.05. The predicted molar refractivity (Wildman–Crippen MR) is 248 cm³/mol. The number of fused-ring (bicyclic) bond motifs is 2. The number of nitrogens with zero attached hydrogens (tertiary/aromatic N) is 5. The molecule has 0 spiro atoms. The number of aromatic nitrogens is 3. The van der Waals surface area contributed by atoms with Crippen molar-refractivity contribution in [3.8, 4) is 28.5 Å². The van der Waals surface area contributed by atoms with Gasteiger partial charge in [-0.1, -0.05) is 103 Å². The first-order valence-corrected chi connectivity index (χ1v) is 21.2. The molecule has 2 heterocycles. The zero-order chi connectivity index (χ0) is 40.5. The van der Waals surface area contributed by atoms with Crippen LogP contribution in [0.3, 0.4) is 0 Å². The highest BCUT2D eigenvalue weighted by Crippen LogP contribution is 2.51. The zero-order valence-electron chi connectivity index (χ0n) is 33.7. The van der Waals surface area contributed by atoms with Crippen molar-refractivity contribution in [3.63, 3.8) is 0 Å². The second-order valence-electron chi connectivity index (χ2n) is 15.8. The van der Waals surface area contributed by atoms with Crippen molar-refractivity contribution in [2.45, 2.75) is 25.7 Å². The van der Waals surface area contributed by atoms with Crippen LogP contribution in [0.15, 0.2) is 217 Å². The van der Waals surface area contributed by atoms with Crippen molar-refractivity contribution in [1.82, 2.24) is 15.0 Å². The second kappa shape index (κ2) is 15.9. The maximum atomic E-state index is 6.52. The molecule has 61 heavy (non-hydrogen) atoms. The van der Waals surface area contributed by atoms with E-state index in [-0.39, 0.29) is 11.8 Å². The number of rotatable bonds is 9. The molecule has 0 bridgehead atoms. The third-order valence-electron chi connectivity index (χ3n) is 12.0. The van der Waals surface area contributed by atoms with Crippen LogP contribution in [0.5, 0.6) is 5.75 Å². The molecule has 1 aliphatic heterocycles. The Bertz CT molecular complexity index is 2740. The summed E-state index contributed by atoms with van der Waals surface area (Å²) >= 11 is 0. The molecule has 294 valence electrons. The fourth-order valence-electron chi connectivity index (χ4n) is 9.05. The highest BCUT2D eigenvalue weighted by Gasteiger charge is 2.40. The molecule has 6 nitrogen and oxygen atoms in total. The van der Waals surface area contributed by atoms with E-state index in [0.717, 1.165) is 82.2 Å². The van der Waals surface area contributed by atoms with Crippen molar-refractivity contribution >= 4 is 33.9 Å². The summed E-state index contributed by atoms with van der Waals surface area (Å²) in [4.78, 5) is 20.4. The summed E-state index contributed by atoms with van der Waals surface area (Å²) in [5.74, 6) is 3.76. The lowest BCUT2D eigenvalue weighted by molar-refractivity contribution is 0.343. The van der Waals surface area contributed by atoms with Gasteiger partial charge in [-0.15, -0.1) is 0 Å². The normalized spacial score (nSPS) is 18.3. The van der Waals surface area contributed by atoms with Gasteiger partial charge in [-0.3, -0.25) is 0 Å². The summed E-state index contributed by atoms with van der Waals surface area (Å²) in [6, 6.07) is 46.6. The first kappa shape index (κ1) is 36.5. The van der Waals surface area contributed by atoms with E-state index in [9.17, 15) is 0 Å². The van der Waals surface area contributed by atoms with Crippen LogP contribution in [-0.4, -0.2) is 15.0 Å². The minimum Gasteiger partial charge on any atom is -0.460 e. The molecule has 1 aromatic heterocycles. The Morgan fingerprint density at radius 2 is 1.00 bits per heavy atom. The molecule has 6 heteroatoms. The van der Waals surface area contributed by atoms with E-state index in [1.807, 2.05) is 12.1 Å². The quantitative estimate of drug-likeness (QED) is 0.145. The van der Waals surface area contributed by atoms with Crippen LogP contribution >= 0.6 is 0 Å². The topological polar surface area (TPSA) is 54.4 Å². The minimum atomic E-state index is -0.00582. The Labute approximate surface area is 356 Å². The smallest absolute Gasteiger partial charge is 0.164 e. The van der Waals surface area contributed by atoms with Gasteiger partial charge in [0.25, 0.3) is 0 Å². The van der Waals surface area contributed by atoms with Crippen LogP contribution < -0.4 is 14.5 Å². The average Bonchev–Trinajstić information content (AvgIpc) is 3.34. The van der Waals surface area contributed by atoms with Crippen LogP contribution in [0.25, 0.3) is 33.9 Å². The number of para-hydroxylation sites is 3. The summed E-state index contributed by atoms with van der Waals surface area (Å²) in [7, 11) is 0. The Balaban J connectivity index is 1.01. The van der Waals surface area contributed by atoms with Gasteiger partial charge < -0.3 is 14.5 Å². The largest absolute Gasteiger partial charge is 0.460 e. The highest BCUT2D eigenvalue weighted by molar-refractivity contribution is 5.85. The molecule has 11 rings (SSSR count). The Kier molecular flexibility index (Phi) is 9.51. The molecule has 2 unspecified atom stereocenters. The van der Waals surface area contributed by atoms with Gasteiger partial charge in [0.05, 0.1) is 5.92 Å². The summed E-state index contributed by atoms with van der Waals surface area (Å²) in [5.41, 5.74) is 12.0. The van der Waals surface area contributed by atoms with E-state index in [2.05, 4.69) is 198 Å². The fraction of sp³-hybridized carbons (Fsp3) is 0.109. The number of anilines is 4. The molecule has 5 aliphatic rings. The van der Waals surface area contributed by atoms with E-state index >= 15 is 0 Å². The Morgan fingerprint density at radius 1 is 0.475 bits per heavy atom. The number of allylic oxidation sites excluding steroid dienone is 13. The lowest BCUT2D eigenvalue weighted by Crippen LogP contribution is -2.29. The molecule has 5 aromatic carbocycles. The third-order valence-corrected chi connectivity index (χ3v) is 12.0. The van der Waals surface area contributed by atoms with Gasteiger partial charge in [0.15, 0.2) is 17.5 Å². The molecular formula is C55H43N5O. The third kappa shape index (κ3) is 6.96. The van der Waals surface area contributed by atoms with Crippen molar-refractivity contribution in [2.75, 3.05) is 9.80 Å². The summed E-state index contributed by atoms with van der Waals surface area (Å²) in [6.45, 7) is 0. The maximum absolute atomic E-state index is 6.52. The lowest BCUT2D eigenvalue weighted by atomic mass is 9.71. The molecule has 4 aliphatic carbocycles. The van der Waals surface area contributed by atoms with E-state index in [1.165, 1.54) is 17.0 Å². The molecule has 0 fully saturated rings. The molecule has 6 aromatic rings. The first-order valence-electron chi connectivity index (χ1n) is 21.2. The van der Waals surface area contributed by atoms with Crippen LogP contribution in [-0.2, 0) is 0 Å². The van der Waals surface area contributed by atoms with Gasteiger partial charge in [-0.2, -0.15) is 0 Å². The first-order chi connectivity index (χ1) is 30.2. The van der Waals surface area contributed by atoms with Gasteiger partial charge in [-0.25, -0.2) is 15.0 Å². The molecule has 0 amide bonds. The molecule has 0 saturated heterocycles. The van der Waals surface area contributed by atoms with Crippen molar-refractivity contribution in [3.05, 3.63) is 229 Å². The average molecular weight is 790 g/mol. The van der Waals surface area contributed by atoms with Crippen LogP contribution in [0, 0.1) is 11.8 Å². The van der Waals surface area contributed by atoms with E-state index < -0.39 is 0 Å². The molecule has 2 atom stereocenters. The van der Waals surface area contributed by atoms with Crippen molar-refractivity contribution in [1.29, 1.82) is 0 Å². The van der Waals surface area contributed by atoms with E-state index in [0.29, 0.717) is 17.5 Å². The molecular weight excluding hydrogens is 747 g/mol. The highest BCUT2D eigenvalue weighted by atomic mass is 16.5. The SMILES string of the molecule is C1=CC2C(c3nc(-c4ccc(N(C5=CCCC=C5)c5ccccc5)cc4)nc(-c4ccc(N(C5=CCCC=C5)c5ccccc5)cc4)n3)=CC=C3Oc4ccccc4C(=C1)C32. The monoisotopic (exact) mass is 789 g/mol. The van der Waals surface area contributed by atoms with Crippen molar-refractivity contribution in [2.24, 2.45) is 11.8 Å². The number of hydrogen-bond donors (Lipinski definition) is 0. The van der Waals surface area contributed by atoms with Gasteiger partial charge >= 0.3 is 0 Å². The molecule has 0 N–H and O–H groups in total. The Hall–Kier alpha value is -7.57. The molecule has 0 radical (unpaired) electrons.